The smallest absolute Gasteiger partial charge is 0.106 e. The monoisotopic (exact) mass is 211 g/mol. The number of nitrogens with one attached hydrogen (secondary N) is 2. The van der Waals surface area contributed by atoms with Gasteiger partial charge in [0.05, 0.1) is 0 Å². The minimum atomic E-state index is 0.648. The maximum atomic E-state index is 4.24. The third-order valence-electron chi connectivity index (χ3n) is 2.82. The molecule has 2 rings (SSSR count). The number of hydrogen-bond donors (Lipinski definition) is 2. The molecule has 2 N–H and O–H groups in total. The first-order chi connectivity index (χ1) is 6.86. The van der Waals surface area contributed by atoms with Crippen molar-refractivity contribution < 1.29 is 0 Å². The van der Waals surface area contributed by atoms with Crippen molar-refractivity contribution in [3.8, 4) is 0 Å². The highest BCUT2D eigenvalue weighted by Gasteiger charge is 2.21. The average molecular weight is 211 g/mol. The molecule has 1 saturated heterocycles. The van der Waals surface area contributed by atoms with Gasteiger partial charge in [-0.25, -0.2) is 4.98 Å². The van der Waals surface area contributed by atoms with Crippen molar-refractivity contribution in [3.63, 3.8) is 0 Å². The van der Waals surface area contributed by atoms with Gasteiger partial charge in [0.25, 0.3) is 0 Å². The molecule has 0 aromatic carbocycles. The van der Waals surface area contributed by atoms with Crippen LogP contribution in [0.2, 0.25) is 0 Å². The lowest BCUT2D eigenvalue weighted by molar-refractivity contribution is 0.448. The van der Waals surface area contributed by atoms with Crippen LogP contribution in [0.15, 0.2) is 11.6 Å². The zero-order chi connectivity index (χ0) is 9.80. The molecule has 3 nitrogen and oxygen atoms in total. The van der Waals surface area contributed by atoms with Gasteiger partial charge < -0.3 is 10.6 Å². The molecule has 2 heterocycles. The average Bonchev–Trinajstić information content (AvgIpc) is 2.78. The second-order valence-electron chi connectivity index (χ2n) is 3.88. The molecule has 14 heavy (non-hydrogen) atoms. The number of thiazole rings is 1. The SMILES string of the molecule is CC1CCNC1CNCc1nccs1. The Bertz CT molecular complexity index is 260. The van der Waals surface area contributed by atoms with E-state index in [2.05, 4.69) is 22.5 Å². The van der Waals surface area contributed by atoms with Crippen LogP contribution in [-0.4, -0.2) is 24.1 Å². The van der Waals surface area contributed by atoms with Crippen LogP contribution in [0.1, 0.15) is 18.4 Å². The van der Waals surface area contributed by atoms with E-state index >= 15 is 0 Å². The Morgan fingerprint density at radius 1 is 1.71 bits per heavy atom. The predicted octanol–water partition coefficient (Wildman–Crippen LogP) is 1.23. The quantitative estimate of drug-likeness (QED) is 0.786. The molecule has 1 aromatic heterocycles. The van der Waals surface area contributed by atoms with Crippen molar-refractivity contribution in [2.24, 2.45) is 5.92 Å². The van der Waals surface area contributed by atoms with Crippen LogP contribution in [0.4, 0.5) is 0 Å². The zero-order valence-corrected chi connectivity index (χ0v) is 9.31. The third kappa shape index (κ3) is 2.53. The van der Waals surface area contributed by atoms with Gasteiger partial charge in [-0.15, -0.1) is 11.3 Å². The summed E-state index contributed by atoms with van der Waals surface area (Å²) in [5, 5.41) is 10.2. The molecule has 0 spiro atoms. The molecule has 4 heteroatoms. The van der Waals surface area contributed by atoms with Crippen molar-refractivity contribution in [1.29, 1.82) is 0 Å². The van der Waals surface area contributed by atoms with Crippen LogP contribution in [0.5, 0.6) is 0 Å². The Morgan fingerprint density at radius 2 is 2.64 bits per heavy atom. The molecule has 2 atom stereocenters. The van der Waals surface area contributed by atoms with E-state index in [9.17, 15) is 0 Å². The molecule has 1 aliphatic rings. The summed E-state index contributed by atoms with van der Waals surface area (Å²) >= 11 is 1.71. The van der Waals surface area contributed by atoms with Crippen molar-refractivity contribution in [2.45, 2.75) is 25.9 Å². The summed E-state index contributed by atoms with van der Waals surface area (Å²) in [6.45, 7) is 5.45. The molecule has 1 fully saturated rings. The fourth-order valence-electron chi connectivity index (χ4n) is 1.85. The minimum Gasteiger partial charge on any atom is -0.312 e. The summed E-state index contributed by atoms with van der Waals surface area (Å²) in [6.07, 6.45) is 3.17. The molecular formula is C10H17N3S. The molecule has 0 bridgehead atoms. The van der Waals surface area contributed by atoms with Crippen LogP contribution < -0.4 is 10.6 Å². The number of hydrogen-bond acceptors (Lipinski definition) is 4. The summed E-state index contributed by atoms with van der Waals surface area (Å²) < 4.78 is 0. The molecule has 2 unspecified atom stereocenters. The van der Waals surface area contributed by atoms with Gasteiger partial charge in [-0.2, -0.15) is 0 Å². The van der Waals surface area contributed by atoms with Crippen molar-refractivity contribution in [1.82, 2.24) is 15.6 Å². The molecular weight excluding hydrogens is 194 g/mol. The first-order valence-corrected chi connectivity index (χ1v) is 6.06. The number of aromatic nitrogens is 1. The van der Waals surface area contributed by atoms with E-state index in [0.29, 0.717) is 6.04 Å². The molecule has 0 amide bonds. The van der Waals surface area contributed by atoms with Crippen LogP contribution in [0.3, 0.4) is 0 Å². The molecule has 1 aliphatic heterocycles. The van der Waals surface area contributed by atoms with Gasteiger partial charge in [0.1, 0.15) is 5.01 Å². The van der Waals surface area contributed by atoms with Gasteiger partial charge in [0.2, 0.25) is 0 Å². The van der Waals surface area contributed by atoms with E-state index in [1.807, 2.05) is 11.6 Å². The standard InChI is InChI=1S/C10H17N3S/c1-8-2-3-12-9(8)6-11-7-10-13-4-5-14-10/h4-5,8-9,11-12H,2-3,6-7H2,1H3. The Labute approximate surface area is 88.9 Å². The van der Waals surface area contributed by atoms with E-state index in [4.69, 9.17) is 0 Å². The zero-order valence-electron chi connectivity index (χ0n) is 8.49. The van der Waals surface area contributed by atoms with Crippen LogP contribution in [-0.2, 0) is 6.54 Å². The van der Waals surface area contributed by atoms with Crippen molar-refractivity contribution in [2.75, 3.05) is 13.1 Å². The van der Waals surface area contributed by atoms with E-state index < -0.39 is 0 Å². The molecule has 0 aliphatic carbocycles. The number of nitrogens with zero attached hydrogens (tertiary/aromatic N) is 1. The molecule has 1 aromatic rings. The number of rotatable bonds is 4. The Kier molecular flexibility index (Phi) is 3.50. The Balaban J connectivity index is 1.68. The fraction of sp³-hybridized carbons (Fsp3) is 0.700. The summed E-state index contributed by atoms with van der Waals surface area (Å²) in [7, 11) is 0. The van der Waals surface area contributed by atoms with E-state index in [0.717, 1.165) is 19.0 Å². The molecule has 0 radical (unpaired) electrons. The third-order valence-corrected chi connectivity index (χ3v) is 3.60. The van der Waals surface area contributed by atoms with Crippen molar-refractivity contribution >= 4 is 11.3 Å². The van der Waals surface area contributed by atoms with Gasteiger partial charge >= 0.3 is 0 Å². The summed E-state index contributed by atoms with van der Waals surface area (Å²) in [4.78, 5) is 4.24. The van der Waals surface area contributed by atoms with E-state index in [-0.39, 0.29) is 0 Å². The summed E-state index contributed by atoms with van der Waals surface area (Å²) in [5.41, 5.74) is 0. The van der Waals surface area contributed by atoms with Crippen molar-refractivity contribution in [3.05, 3.63) is 16.6 Å². The highest BCUT2D eigenvalue weighted by atomic mass is 32.1. The summed E-state index contributed by atoms with van der Waals surface area (Å²) in [5.74, 6) is 0.804. The first kappa shape index (κ1) is 10.1. The van der Waals surface area contributed by atoms with Crippen LogP contribution >= 0.6 is 11.3 Å². The van der Waals surface area contributed by atoms with E-state index in [1.165, 1.54) is 18.0 Å². The second-order valence-corrected chi connectivity index (χ2v) is 4.86. The molecule has 78 valence electrons. The Morgan fingerprint density at radius 3 is 3.29 bits per heavy atom. The van der Waals surface area contributed by atoms with Gasteiger partial charge in [0, 0.05) is 30.7 Å². The lowest BCUT2D eigenvalue weighted by Crippen LogP contribution is -2.36. The van der Waals surface area contributed by atoms with Gasteiger partial charge in [0.15, 0.2) is 0 Å². The Hall–Kier alpha value is -0.450. The van der Waals surface area contributed by atoms with Gasteiger partial charge in [-0.1, -0.05) is 6.92 Å². The fourth-order valence-corrected chi connectivity index (χ4v) is 2.43. The van der Waals surface area contributed by atoms with Crippen LogP contribution in [0, 0.1) is 5.92 Å². The van der Waals surface area contributed by atoms with Gasteiger partial charge in [-0.05, 0) is 18.9 Å². The normalized spacial score (nSPS) is 26.9. The maximum absolute atomic E-state index is 4.24. The van der Waals surface area contributed by atoms with Crippen LogP contribution in [0.25, 0.3) is 0 Å². The first-order valence-electron chi connectivity index (χ1n) is 5.19. The second kappa shape index (κ2) is 4.87. The minimum absolute atomic E-state index is 0.648. The highest BCUT2D eigenvalue weighted by Crippen LogP contribution is 2.13. The lowest BCUT2D eigenvalue weighted by atomic mass is 10.0. The largest absolute Gasteiger partial charge is 0.312 e. The lowest BCUT2D eigenvalue weighted by Gasteiger charge is -2.15. The van der Waals surface area contributed by atoms with Gasteiger partial charge in [-0.3, -0.25) is 0 Å². The summed E-state index contributed by atoms with van der Waals surface area (Å²) in [6, 6.07) is 0.648. The van der Waals surface area contributed by atoms with E-state index in [1.54, 1.807) is 11.3 Å². The molecule has 0 saturated carbocycles. The predicted molar refractivity (Wildman–Crippen MR) is 59.4 cm³/mol. The maximum Gasteiger partial charge on any atom is 0.106 e. The topological polar surface area (TPSA) is 37.0 Å². The highest BCUT2D eigenvalue weighted by molar-refractivity contribution is 7.09.